The Morgan fingerprint density at radius 3 is 2.59 bits per heavy atom. The van der Waals surface area contributed by atoms with E-state index in [-0.39, 0.29) is 0 Å². The first kappa shape index (κ1) is 14.1. The van der Waals surface area contributed by atoms with Crippen LogP contribution >= 0.6 is 0 Å². The number of nitrogens with zero attached hydrogens (tertiary/aromatic N) is 2. The van der Waals surface area contributed by atoms with Crippen molar-refractivity contribution >= 4 is 5.97 Å². The molecule has 112 valence electrons. The molecule has 0 saturated carbocycles. The predicted molar refractivity (Wildman–Crippen MR) is 79.1 cm³/mol. The maximum atomic E-state index is 11.4. The number of aromatic nitrogens is 2. The van der Waals surface area contributed by atoms with Gasteiger partial charge in [0.05, 0.1) is 36.8 Å². The number of benzene rings is 1. The van der Waals surface area contributed by atoms with E-state index in [1.807, 2.05) is 30.3 Å². The summed E-state index contributed by atoms with van der Waals surface area (Å²) < 4.78 is 6.56. The molecule has 1 unspecified atom stereocenters. The van der Waals surface area contributed by atoms with Gasteiger partial charge in [0, 0.05) is 11.1 Å². The number of furan rings is 1. The molecule has 3 aromatic rings. The molecule has 2 aromatic heterocycles. The molecular weight excluding hydrogens is 284 g/mol. The van der Waals surface area contributed by atoms with Crippen molar-refractivity contribution < 1.29 is 19.4 Å². The topological polar surface area (TPSA) is 88.5 Å². The van der Waals surface area contributed by atoms with Gasteiger partial charge in [-0.3, -0.25) is 0 Å². The molecular formula is C16H14N2O4. The third-order valence-electron chi connectivity index (χ3n) is 3.43. The lowest BCUT2D eigenvalue weighted by Gasteiger charge is -2.14. The van der Waals surface area contributed by atoms with Crippen molar-refractivity contribution in [3.05, 3.63) is 55.3 Å². The van der Waals surface area contributed by atoms with Crippen LogP contribution in [0.25, 0.3) is 22.5 Å². The van der Waals surface area contributed by atoms with Crippen LogP contribution < -0.4 is 0 Å². The van der Waals surface area contributed by atoms with E-state index in [2.05, 4.69) is 4.98 Å². The van der Waals surface area contributed by atoms with E-state index in [1.165, 1.54) is 23.4 Å². The summed E-state index contributed by atoms with van der Waals surface area (Å²) in [4.78, 5) is 15.7. The summed E-state index contributed by atoms with van der Waals surface area (Å²) in [5, 5.41) is 18.7. The van der Waals surface area contributed by atoms with Gasteiger partial charge >= 0.3 is 5.97 Å². The van der Waals surface area contributed by atoms with Crippen LogP contribution in [0.3, 0.4) is 0 Å². The Morgan fingerprint density at radius 2 is 2.00 bits per heavy atom. The van der Waals surface area contributed by atoms with Crippen molar-refractivity contribution in [1.29, 1.82) is 0 Å². The van der Waals surface area contributed by atoms with E-state index in [0.29, 0.717) is 17.0 Å². The Hall–Kier alpha value is -2.86. The number of carboxylic acids is 1. The molecule has 3 rings (SSSR count). The summed E-state index contributed by atoms with van der Waals surface area (Å²) in [7, 11) is 0. The molecule has 0 bridgehead atoms. The van der Waals surface area contributed by atoms with Crippen molar-refractivity contribution in [2.45, 2.75) is 6.04 Å². The number of aliphatic hydroxyl groups excluding tert-OH is 1. The molecule has 0 aliphatic heterocycles. The van der Waals surface area contributed by atoms with Crippen LogP contribution in [0, 0.1) is 0 Å². The summed E-state index contributed by atoms with van der Waals surface area (Å²) in [6.45, 7) is -0.523. The molecule has 0 amide bonds. The van der Waals surface area contributed by atoms with Gasteiger partial charge in [-0.15, -0.1) is 0 Å². The Labute approximate surface area is 126 Å². The summed E-state index contributed by atoms with van der Waals surface area (Å²) in [5.74, 6) is -1.12. The van der Waals surface area contributed by atoms with Crippen molar-refractivity contribution in [3.63, 3.8) is 0 Å². The van der Waals surface area contributed by atoms with Crippen molar-refractivity contribution in [2.75, 3.05) is 6.61 Å². The Bertz CT molecular complexity index is 763. The predicted octanol–water partition coefficient (Wildman–Crippen LogP) is 2.43. The van der Waals surface area contributed by atoms with Gasteiger partial charge in [-0.25, -0.2) is 9.78 Å². The number of imidazole rings is 1. The number of carboxylic acid groups (broad SMARTS) is 1. The largest absolute Gasteiger partial charge is 0.480 e. The zero-order valence-electron chi connectivity index (χ0n) is 11.6. The fourth-order valence-corrected chi connectivity index (χ4v) is 2.37. The summed E-state index contributed by atoms with van der Waals surface area (Å²) in [5.41, 5.74) is 2.80. The second-order valence-corrected chi connectivity index (χ2v) is 4.76. The number of carbonyl (C=O) groups is 1. The molecule has 0 saturated heterocycles. The van der Waals surface area contributed by atoms with Gasteiger partial charge in [-0.2, -0.15) is 0 Å². The van der Waals surface area contributed by atoms with E-state index in [0.717, 1.165) is 5.56 Å². The minimum Gasteiger partial charge on any atom is -0.480 e. The van der Waals surface area contributed by atoms with Crippen LogP contribution in [0.4, 0.5) is 0 Å². The van der Waals surface area contributed by atoms with Gasteiger partial charge < -0.3 is 19.2 Å². The minimum absolute atomic E-state index is 0.523. The van der Waals surface area contributed by atoms with E-state index in [4.69, 9.17) is 4.42 Å². The van der Waals surface area contributed by atoms with Gasteiger partial charge in [0.15, 0.2) is 6.04 Å². The third-order valence-corrected chi connectivity index (χ3v) is 3.43. The first-order valence-corrected chi connectivity index (χ1v) is 6.71. The average Bonchev–Trinajstić information content (AvgIpc) is 3.17. The quantitative estimate of drug-likeness (QED) is 0.755. The fourth-order valence-electron chi connectivity index (χ4n) is 2.37. The van der Waals surface area contributed by atoms with E-state index in [9.17, 15) is 15.0 Å². The van der Waals surface area contributed by atoms with E-state index < -0.39 is 18.6 Å². The lowest BCUT2D eigenvalue weighted by Crippen LogP contribution is -2.22. The molecule has 22 heavy (non-hydrogen) atoms. The third kappa shape index (κ3) is 2.40. The standard InChI is InChI=1S/C16H14N2O4/c19-8-13(16(20)21)18-10-17-14(11-4-2-1-3-5-11)15(18)12-6-7-22-9-12/h1-7,9-10,13,19H,8H2,(H,20,21). The number of hydrogen-bond acceptors (Lipinski definition) is 4. The van der Waals surface area contributed by atoms with Gasteiger partial charge in [-0.1, -0.05) is 30.3 Å². The van der Waals surface area contributed by atoms with Gasteiger partial charge in [0.1, 0.15) is 0 Å². The Balaban J connectivity index is 2.21. The average molecular weight is 298 g/mol. The fraction of sp³-hybridized carbons (Fsp3) is 0.125. The Kier molecular flexibility index (Phi) is 3.76. The Morgan fingerprint density at radius 1 is 1.23 bits per heavy atom. The highest BCUT2D eigenvalue weighted by molar-refractivity contribution is 5.80. The SMILES string of the molecule is O=C(O)C(CO)n1cnc(-c2ccccc2)c1-c1ccoc1. The number of hydrogen-bond donors (Lipinski definition) is 2. The second-order valence-electron chi connectivity index (χ2n) is 4.76. The van der Waals surface area contributed by atoms with Gasteiger partial charge in [0.25, 0.3) is 0 Å². The number of aliphatic carboxylic acids is 1. The first-order valence-electron chi connectivity index (χ1n) is 6.71. The molecule has 0 spiro atoms. The molecule has 2 heterocycles. The van der Waals surface area contributed by atoms with Crippen LogP contribution in [0.15, 0.2) is 59.7 Å². The van der Waals surface area contributed by atoms with E-state index in [1.54, 1.807) is 6.07 Å². The van der Waals surface area contributed by atoms with Crippen LogP contribution in [-0.2, 0) is 4.79 Å². The van der Waals surface area contributed by atoms with Gasteiger partial charge in [-0.05, 0) is 6.07 Å². The lowest BCUT2D eigenvalue weighted by molar-refractivity contribution is -0.142. The van der Waals surface area contributed by atoms with Crippen molar-refractivity contribution in [3.8, 4) is 22.5 Å². The highest BCUT2D eigenvalue weighted by atomic mass is 16.4. The van der Waals surface area contributed by atoms with Crippen molar-refractivity contribution in [2.24, 2.45) is 0 Å². The maximum Gasteiger partial charge on any atom is 0.329 e. The van der Waals surface area contributed by atoms with Crippen molar-refractivity contribution in [1.82, 2.24) is 9.55 Å². The molecule has 1 atom stereocenters. The minimum atomic E-state index is -1.12. The maximum absolute atomic E-state index is 11.4. The second kappa shape index (κ2) is 5.87. The van der Waals surface area contributed by atoms with E-state index >= 15 is 0 Å². The molecule has 1 aromatic carbocycles. The summed E-state index contributed by atoms with van der Waals surface area (Å²) >= 11 is 0. The normalized spacial score (nSPS) is 12.2. The molecule has 0 aliphatic carbocycles. The lowest BCUT2D eigenvalue weighted by atomic mass is 10.1. The molecule has 0 aliphatic rings. The summed E-state index contributed by atoms with van der Waals surface area (Å²) in [6, 6.07) is 10.1. The zero-order valence-corrected chi connectivity index (χ0v) is 11.6. The molecule has 2 N–H and O–H groups in total. The zero-order chi connectivity index (χ0) is 15.5. The number of rotatable bonds is 5. The first-order chi connectivity index (χ1) is 10.7. The smallest absolute Gasteiger partial charge is 0.329 e. The van der Waals surface area contributed by atoms with Crippen LogP contribution in [0.5, 0.6) is 0 Å². The highest BCUT2D eigenvalue weighted by Crippen LogP contribution is 2.33. The molecule has 6 heteroatoms. The monoisotopic (exact) mass is 298 g/mol. The van der Waals surface area contributed by atoms with Crippen LogP contribution in [-0.4, -0.2) is 32.3 Å². The molecule has 0 radical (unpaired) electrons. The van der Waals surface area contributed by atoms with Crippen LogP contribution in [0.2, 0.25) is 0 Å². The number of aliphatic hydroxyl groups is 1. The van der Waals surface area contributed by atoms with Gasteiger partial charge in [0.2, 0.25) is 0 Å². The molecule has 6 nitrogen and oxygen atoms in total. The summed E-state index contributed by atoms with van der Waals surface area (Å²) in [6.07, 6.45) is 4.46. The highest BCUT2D eigenvalue weighted by Gasteiger charge is 2.25. The molecule has 0 fully saturated rings. The van der Waals surface area contributed by atoms with Crippen LogP contribution in [0.1, 0.15) is 6.04 Å².